The van der Waals surface area contributed by atoms with Gasteiger partial charge in [-0.1, -0.05) is 0 Å². The summed E-state index contributed by atoms with van der Waals surface area (Å²) in [7, 11) is 0. The molecule has 1 rings (SSSR count). The van der Waals surface area contributed by atoms with Gasteiger partial charge in [0.1, 0.15) is 5.78 Å². The molecule has 0 aromatic rings. The monoisotopic (exact) mass is 175 g/mol. The van der Waals surface area contributed by atoms with Crippen LogP contribution < -0.4 is 5.32 Å². The van der Waals surface area contributed by atoms with E-state index in [9.17, 15) is 4.79 Å². The molecule has 1 aliphatic heterocycles. The molecule has 1 heterocycles. The maximum absolute atomic E-state index is 11.2. The number of halogens is 1. The lowest BCUT2D eigenvalue weighted by Crippen LogP contribution is -2.37. The minimum Gasteiger partial charge on any atom is -0.316 e. The number of nitrogens with one attached hydrogen (secondary N) is 1. The molecular formula is C8H14ClNO. The second-order valence-electron chi connectivity index (χ2n) is 3.13. The van der Waals surface area contributed by atoms with Crippen LogP contribution in [0.2, 0.25) is 0 Å². The van der Waals surface area contributed by atoms with Crippen molar-refractivity contribution in [2.24, 2.45) is 5.92 Å². The van der Waals surface area contributed by atoms with Crippen LogP contribution in [0.3, 0.4) is 0 Å². The number of carbonyl (C=O) groups is 1. The first kappa shape index (κ1) is 9.01. The predicted molar refractivity (Wildman–Crippen MR) is 45.9 cm³/mol. The molecule has 2 atom stereocenters. The van der Waals surface area contributed by atoms with Gasteiger partial charge in [-0.3, -0.25) is 4.79 Å². The van der Waals surface area contributed by atoms with Crippen molar-refractivity contribution in [2.75, 3.05) is 13.1 Å². The fourth-order valence-electron chi connectivity index (χ4n) is 1.41. The van der Waals surface area contributed by atoms with Crippen molar-refractivity contribution in [1.29, 1.82) is 0 Å². The number of hydrogen-bond acceptors (Lipinski definition) is 2. The number of rotatable bonds is 2. The first-order valence-corrected chi connectivity index (χ1v) is 4.51. The summed E-state index contributed by atoms with van der Waals surface area (Å²) in [6.07, 6.45) is 1.49. The highest BCUT2D eigenvalue weighted by Crippen LogP contribution is 2.15. The zero-order chi connectivity index (χ0) is 8.27. The summed E-state index contributed by atoms with van der Waals surface area (Å²) in [5.41, 5.74) is 0. The maximum atomic E-state index is 11.2. The van der Waals surface area contributed by atoms with Crippen LogP contribution in [0.15, 0.2) is 0 Å². The fraction of sp³-hybridized carbons (Fsp3) is 0.875. The molecule has 0 aromatic carbocycles. The third kappa shape index (κ3) is 2.80. The van der Waals surface area contributed by atoms with E-state index in [4.69, 9.17) is 11.6 Å². The molecule has 2 unspecified atom stereocenters. The van der Waals surface area contributed by atoms with Crippen molar-refractivity contribution in [3.8, 4) is 0 Å². The zero-order valence-electron chi connectivity index (χ0n) is 6.77. The molecule has 1 N–H and O–H groups in total. The molecule has 1 saturated heterocycles. The van der Waals surface area contributed by atoms with Gasteiger partial charge in [0.25, 0.3) is 0 Å². The summed E-state index contributed by atoms with van der Waals surface area (Å²) in [4.78, 5) is 11.2. The number of carbonyl (C=O) groups excluding carboxylic acids is 1. The van der Waals surface area contributed by atoms with E-state index in [1.165, 1.54) is 0 Å². The van der Waals surface area contributed by atoms with Crippen LogP contribution in [0.25, 0.3) is 0 Å². The first-order valence-electron chi connectivity index (χ1n) is 4.07. The van der Waals surface area contributed by atoms with Crippen LogP contribution in [0, 0.1) is 5.92 Å². The topological polar surface area (TPSA) is 29.1 Å². The number of piperidine rings is 1. The molecule has 3 heteroatoms. The molecule has 11 heavy (non-hydrogen) atoms. The average Bonchev–Trinajstić information content (AvgIpc) is 1.93. The number of hydrogen-bond donors (Lipinski definition) is 1. The number of ketones is 1. The van der Waals surface area contributed by atoms with E-state index in [2.05, 4.69) is 5.32 Å². The molecule has 0 amide bonds. The van der Waals surface area contributed by atoms with Gasteiger partial charge in [-0.25, -0.2) is 0 Å². The Morgan fingerprint density at radius 1 is 1.82 bits per heavy atom. The van der Waals surface area contributed by atoms with Crippen molar-refractivity contribution in [3.05, 3.63) is 0 Å². The fourth-order valence-corrected chi connectivity index (χ4v) is 1.63. The van der Waals surface area contributed by atoms with E-state index >= 15 is 0 Å². The van der Waals surface area contributed by atoms with Gasteiger partial charge in [-0.2, -0.15) is 0 Å². The molecule has 0 aromatic heterocycles. The second kappa shape index (κ2) is 4.07. The van der Waals surface area contributed by atoms with Crippen LogP contribution in [0.5, 0.6) is 0 Å². The van der Waals surface area contributed by atoms with Crippen molar-refractivity contribution in [1.82, 2.24) is 5.32 Å². The van der Waals surface area contributed by atoms with E-state index in [1.54, 1.807) is 0 Å². The SMILES string of the molecule is CC(Cl)CC1CNCCC1=O. The van der Waals surface area contributed by atoms with Gasteiger partial charge in [0.2, 0.25) is 0 Å². The molecule has 0 spiro atoms. The lowest BCUT2D eigenvalue weighted by atomic mass is 9.93. The Bertz CT molecular complexity index is 147. The lowest BCUT2D eigenvalue weighted by Gasteiger charge is -2.22. The Morgan fingerprint density at radius 3 is 3.09 bits per heavy atom. The summed E-state index contributed by atoms with van der Waals surface area (Å²) in [5.74, 6) is 0.535. The van der Waals surface area contributed by atoms with E-state index in [1.807, 2.05) is 6.92 Å². The average molecular weight is 176 g/mol. The third-order valence-corrected chi connectivity index (χ3v) is 2.18. The van der Waals surface area contributed by atoms with Gasteiger partial charge >= 0.3 is 0 Å². The highest BCUT2D eigenvalue weighted by molar-refractivity contribution is 6.20. The van der Waals surface area contributed by atoms with Gasteiger partial charge in [-0.15, -0.1) is 11.6 Å². The quantitative estimate of drug-likeness (QED) is 0.639. The Hall–Kier alpha value is -0.0800. The predicted octanol–water partition coefficient (Wildman–Crippen LogP) is 1.18. The van der Waals surface area contributed by atoms with Crippen LogP contribution in [0.4, 0.5) is 0 Å². The third-order valence-electron chi connectivity index (χ3n) is 2.00. The second-order valence-corrected chi connectivity index (χ2v) is 3.88. The van der Waals surface area contributed by atoms with Gasteiger partial charge in [0, 0.05) is 30.8 Å². The van der Waals surface area contributed by atoms with Crippen LogP contribution in [-0.2, 0) is 4.79 Å². The van der Waals surface area contributed by atoms with Crippen molar-refractivity contribution >= 4 is 17.4 Å². The van der Waals surface area contributed by atoms with E-state index < -0.39 is 0 Å². The van der Waals surface area contributed by atoms with E-state index in [-0.39, 0.29) is 11.3 Å². The molecule has 2 nitrogen and oxygen atoms in total. The van der Waals surface area contributed by atoms with Gasteiger partial charge < -0.3 is 5.32 Å². The Kier molecular flexibility index (Phi) is 3.34. The minimum atomic E-state index is 0.115. The summed E-state index contributed by atoms with van der Waals surface area (Å²) < 4.78 is 0. The van der Waals surface area contributed by atoms with Gasteiger partial charge in [-0.05, 0) is 13.3 Å². The molecule has 1 fully saturated rings. The molecule has 0 radical (unpaired) electrons. The van der Waals surface area contributed by atoms with Gasteiger partial charge in [0.05, 0.1) is 0 Å². The van der Waals surface area contributed by atoms with Crippen LogP contribution >= 0.6 is 11.6 Å². The standard InChI is InChI=1S/C8H14ClNO/c1-6(9)4-7-5-10-3-2-8(7)11/h6-7,10H,2-5H2,1H3. The first-order chi connectivity index (χ1) is 5.20. The largest absolute Gasteiger partial charge is 0.316 e. The molecule has 0 bridgehead atoms. The Balaban J connectivity index is 2.36. The zero-order valence-corrected chi connectivity index (χ0v) is 7.53. The van der Waals surface area contributed by atoms with E-state index in [0.29, 0.717) is 12.2 Å². The van der Waals surface area contributed by atoms with Crippen molar-refractivity contribution < 1.29 is 4.79 Å². The normalized spacial score (nSPS) is 28.5. The minimum absolute atomic E-state index is 0.115. The maximum Gasteiger partial charge on any atom is 0.138 e. The molecule has 1 aliphatic rings. The number of alkyl halides is 1. The Morgan fingerprint density at radius 2 is 2.55 bits per heavy atom. The van der Waals surface area contributed by atoms with Gasteiger partial charge in [0.15, 0.2) is 0 Å². The Labute approximate surface area is 72.3 Å². The smallest absolute Gasteiger partial charge is 0.138 e. The highest BCUT2D eigenvalue weighted by Gasteiger charge is 2.22. The molecular weight excluding hydrogens is 162 g/mol. The summed E-state index contributed by atoms with van der Waals surface area (Å²) in [6, 6.07) is 0. The van der Waals surface area contributed by atoms with Crippen LogP contribution in [-0.4, -0.2) is 24.2 Å². The molecule has 0 aliphatic carbocycles. The van der Waals surface area contributed by atoms with Crippen molar-refractivity contribution in [2.45, 2.75) is 25.1 Å². The lowest BCUT2D eigenvalue weighted by molar-refractivity contribution is -0.124. The molecule has 64 valence electrons. The summed E-state index contributed by atoms with van der Waals surface area (Å²) in [6.45, 7) is 3.59. The summed E-state index contributed by atoms with van der Waals surface area (Å²) in [5, 5.41) is 3.31. The summed E-state index contributed by atoms with van der Waals surface area (Å²) >= 11 is 5.80. The van der Waals surface area contributed by atoms with Crippen LogP contribution in [0.1, 0.15) is 19.8 Å². The van der Waals surface area contributed by atoms with E-state index in [0.717, 1.165) is 19.5 Å². The number of Topliss-reactive ketones (excluding diaryl/α,β-unsaturated/α-hetero) is 1. The van der Waals surface area contributed by atoms with Crippen molar-refractivity contribution in [3.63, 3.8) is 0 Å². The highest BCUT2D eigenvalue weighted by atomic mass is 35.5. The molecule has 0 saturated carbocycles.